The first-order valence-corrected chi connectivity index (χ1v) is 11.0. The Hall–Kier alpha value is -2.88. The smallest absolute Gasteiger partial charge is 0.342 e. The highest BCUT2D eigenvalue weighted by atomic mass is 16.8. The minimum absolute atomic E-state index is 0.114. The van der Waals surface area contributed by atoms with E-state index in [2.05, 4.69) is 0 Å². The topological polar surface area (TPSA) is 98.8 Å². The molecule has 34 heavy (non-hydrogen) atoms. The number of rotatable bonds is 5. The monoisotopic (exact) mass is 476 g/mol. The normalized spacial score (nSPS) is 26.5. The maximum atomic E-state index is 13.3. The predicted octanol–water partition coefficient (Wildman–Crippen LogP) is 3.68. The van der Waals surface area contributed by atoms with Gasteiger partial charge in [0.1, 0.15) is 17.8 Å². The second-order valence-corrected chi connectivity index (χ2v) is 8.45. The van der Waals surface area contributed by atoms with Crippen LogP contribution in [0.1, 0.15) is 49.5 Å². The Balaban J connectivity index is 2.11. The fourth-order valence-corrected chi connectivity index (χ4v) is 3.92. The lowest BCUT2D eigenvalue weighted by molar-refractivity contribution is -0.152. The molecule has 2 heterocycles. The quantitative estimate of drug-likeness (QED) is 0.465. The van der Waals surface area contributed by atoms with Crippen LogP contribution in [0, 0.1) is 0 Å². The number of ketones is 1. The van der Waals surface area contributed by atoms with Crippen molar-refractivity contribution in [1.29, 1.82) is 0 Å². The molecule has 9 nitrogen and oxygen atoms in total. The molecular formula is C25H32O9. The number of methoxy groups -OCH3 is 3. The van der Waals surface area contributed by atoms with Crippen LogP contribution in [0.3, 0.4) is 0 Å². The summed E-state index contributed by atoms with van der Waals surface area (Å²) in [6.07, 6.45) is 5.67. The third-order valence-corrected chi connectivity index (χ3v) is 5.37. The molecule has 0 N–H and O–H groups in total. The van der Waals surface area contributed by atoms with Gasteiger partial charge in [0.2, 0.25) is 5.75 Å². The molecular weight excluding hydrogens is 444 g/mol. The second-order valence-electron chi connectivity index (χ2n) is 8.45. The molecule has 0 unspecified atom stereocenters. The number of carbonyl (C=O) groups is 2. The summed E-state index contributed by atoms with van der Waals surface area (Å²) in [5.41, 5.74) is 0.671. The number of hydrogen-bond acceptors (Lipinski definition) is 9. The van der Waals surface area contributed by atoms with Crippen LogP contribution >= 0.6 is 0 Å². The molecule has 0 aliphatic carbocycles. The van der Waals surface area contributed by atoms with E-state index in [1.165, 1.54) is 27.4 Å². The average Bonchev–Trinajstić information content (AvgIpc) is 3.10. The van der Waals surface area contributed by atoms with Crippen LogP contribution in [-0.2, 0) is 23.7 Å². The fourth-order valence-electron chi connectivity index (χ4n) is 3.92. The van der Waals surface area contributed by atoms with E-state index in [1.807, 2.05) is 6.08 Å². The van der Waals surface area contributed by atoms with Crippen molar-refractivity contribution >= 4 is 17.8 Å². The second kappa shape index (κ2) is 11.0. The van der Waals surface area contributed by atoms with Gasteiger partial charge in [-0.05, 0) is 44.9 Å². The lowest BCUT2D eigenvalue weighted by atomic mass is 10.0. The molecule has 2 aliphatic rings. The summed E-state index contributed by atoms with van der Waals surface area (Å²) < 4.78 is 39.2. The van der Waals surface area contributed by atoms with Crippen molar-refractivity contribution in [3.8, 4) is 17.2 Å². The van der Waals surface area contributed by atoms with Crippen LogP contribution in [0.2, 0.25) is 0 Å². The Labute approximate surface area is 199 Å². The maximum Gasteiger partial charge on any atom is 0.342 e. The van der Waals surface area contributed by atoms with E-state index < -0.39 is 30.1 Å². The Morgan fingerprint density at radius 2 is 1.74 bits per heavy atom. The Bertz CT molecular complexity index is 964. The molecule has 0 spiro atoms. The van der Waals surface area contributed by atoms with Gasteiger partial charge in [-0.25, -0.2) is 4.79 Å². The lowest BCUT2D eigenvalue weighted by Crippen LogP contribution is -2.30. The van der Waals surface area contributed by atoms with Gasteiger partial charge in [-0.1, -0.05) is 18.2 Å². The van der Waals surface area contributed by atoms with Gasteiger partial charge in [-0.2, -0.15) is 0 Å². The van der Waals surface area contributed by atoms with Crippen LogP contribution in [0.5, 0.6) is 17.2 Å². The van der Waals surface area contributed by atoms with Crippen molar-refractivity contribution in [1.82, 2.24) is 0 Å². The third kappa shape index (κ3) is 5.78. The van der Waals surface area contributed by atoms with Gasteiger partial charge in [0, 0.05) is 13.5 Å². The molecule has 0 aromatic heterocycles. The molecule has 1 saturated heterocycles. The lowest BCUT2D eigenvalue weighted by Gasteiger charge is -2.20. The van der Waals surface area contributed by atoms with E-state index in [1.54, 1.807) is 39.0 Å². The molecule has 0 radical (unpaired) electrons. The molecule has 2 aliphatic heterocycles. The first kappa shape index (κ1) is 25.7. The van der Waals surface area contributed by atoms with Crippen molar-refractivity contribution in [2.75, 3.05) is 28.1 Å². The number of carbonyl (C=O) groups excluding carboxylic acids is 2. The first-order chi connectivity index (χ1) is 16.2. The number of hydrogen-bond donors (Lipinski definition) is 0. The zero-order chi connectivity index (χ0) is 24.9. The van der Waals surface area contributed by atoms with Crippen LogP contribution in [0.4, 0.5) is 0 Å². The van der Waals surface area contributed by atoms with Crippen molar-refractivity contribution in [3.05, 3.63) is 35.4 Å². The molecule has 3 rings (SSSR count). The highest BCUT2D eigenvalue weighted by molar-refractivity contribution is 5.99. The molecule has 1 fully saturated rings. The van der Waals surface area contributed by atoms with Crippen LogP contribution in [-0.4, -0.2) is 64.0 Å². The summed E-state index contributed by atoms with van der Waals surface area (Å²) in [5.74, 6) is -0.911. The molecule has 0 bridgehead atoms. The van der Waals surface area contributed by atoms with Gasteiger partial charge >= 0.3 is 5.97 Å². The van der Waals surface area contributed by atoms with Gasteiger partial charge in [0.25, 0.3) is 0 Å². The van der Waals surface area contributed by atoms with E-state index >= 15 is 0 Å². The van der Waals surface area contributed by atoms with Gasteiger partial charge in [0.05, 0.1) is 20.3 Å². The van der Waals surface area contributed by atoms with E-state index in [4.69, 9.17) is 33.2 Å². The number of cyclic esters (lactones) is 1. The highest BCUT2D eigenvalue weighted by Gasteiger charge is 2.43. The van der Waals surface area contributed by atoms with Gasteiger partial charge in [-0.15, -0.1) is 0 Å². The number of esters is 1. The van der Waals surface area contributed by atoms with E-state index in [0.717, 1.165) is 0 Å². The molecule has 0 amide bonds. The molecule has 1 aromatic carbocycles. The Kier molecular flexibility index (Phi) is 8.35. The van der Waals surface area contributed by atoms with E-state index in [0.29, 0.717) is 24.2 Å². The van der Waals surface area contributed by atoms with Gasteiger partial charge in [0.15, 0.2) is 29.9 Å². The molecule has 186 valence electrons. The average molecular weight is 477 g/mol. The number of fused-ring (bicyclic) bond motifs is 2. The Morgan fingerprint density at radius 3 is 2.41 bits per heavy atom. The standard InChI is InChI=1S/C25H32O9/c1-15-9-7-11-17(26)21-18(33-25(2,3)34-21)12-8-10-16-13-19(29-5)22(30-6)23(31-14-28-4)20(16)24(27)32-15/h7-8,10-11,13,15,18,21H,9,12,14H2,1-6H3/b10-8+,11-7-/t15-,18-,21+/m0/s1. The first-order valence-electron chi connectivity index (χ1n) is 11.0. The van der Waals surface area contributed by atoms with Crippen molar-refractivity contribution < 1.29 is 42.7 Å². The third-order valence-electron chi connectivity index (χ3n) is 5.37. The summed E-state index contributed by atoms with van der Waals surface area (Å²) in [5, 5.41) is 0. The van der Waals surface area contributed by atoms with Crippen molar-refractivity contribution in [2.45, 2.75) is 57.7 Å². The van der Waals surface area contributed by atoms with Crippen LogP contribution in [0.25, 0.3) is 6.08 Å². The largest absolute Gasteiger partial charge is 0.493 e. The molecule has 9 heteroatoms. The maximum absolute atomic E-state index is 13.3. The highest BCUT2D eigenvalue weighted by Crippen LogP contribution is 2.43. The summed E-state index contributed by atoms with van der Waals surface area (Å²) in [4.78, 5) is 26.0. The molecule has 1 aromatic rings. The molecule has 0 saturated carbocycles. The van der Waals surface area contributed by atoms with Crippen LogP contribution < -0.4 is 14.2 Å². The Morgan fingerprint density at radius 1 is 1.00 bits per heavy atom. The number of benzene rings is 1. The predicted molar refractivity (Wildman–Crippen MR) is 123 cm³/mol. The zero-order valence-corrected chi connectivity index (χ0v) is 20.4. The fraction of sp³-hybridized carbons (Fsp3) is 0.520. The number of ether oxygens (including phenoxy) is 7. The summed E-state index contributed by atoms with van der Waals surface area (Å²) in [6.45, 7) is 5.17. The van der Waals surface area contributed by atoms with Gasteiger partial charge < -0.3 is 33.2 Å². The minimum Gasteiger partial charge on any atom is -0.493 e. The van der Waals surface area contributed by atoms with Crippen LogP contribution in [0.15, 0.2) is 24.3 Å². The summed E-state index contributed by atoms with van der Waals surface area (Å²) in [7, 11) is 4.42. The van der Waals surface area contributed by atoms with E-state index in [-0.39, 0.29) is 29.6 Å². The van der Waals surface area contributed by atoms with Crippen molar-refractivity contribution in [2.24, 2.45) is 0 Å². The SMILES string of the molecule is COCOc1c(OC)c(OC)cc2c1C(=O)O[C@@H](C)C/C=C\C(=O)[C@H]1OC(C)(C)O[C@H]1C/C=C/2. The summed E-state index contributed by atoms with van der Waals surface area (Å²) >= 11 is 0. The summed E-state index contributed by atoms with van der Waals surface area (Å²) in [6, 6.07) is 1.67. The van der Waals surface area contributed by atoms with Gasteiger partial charge in [-0.3, -0.25) is 4.79 Å². The van der Waals surface area contributed by atoms with Crippen molar-refractivity contribution in [3.63, 3.8) is 0 Å². The zero-order valence-electron chi connectivity index (χ0n) is 20.4. The minimum atomic E-state index is -0.886. The van der Waals surface area contributed by atoms with E-state index in [9.17, 15) is 9.59 Å². The molecule has 3 atom stereocenters.